The van der Waals surface area contributed by atoms with Crippen LogP contribution in [0.4, 0.5) is 11.6 Å². The van der Waals surface area contributed by atoms with Gasteiger partial charge in [-0.15, -0.1) is 5.10 Å². The molecule has 0 saturated carbocycles. The fraction of sp³-hybridized carbons (Fsp3) is 0.429. The van der Waals surface area contributed by atoms with Crippen LogP contribution < -0.4 is 20.7 Å². The Morgan fingerprint density at radius 2 is 2.23 bits per heavy atom. The molecular weight excluding hydrogens is 382 g/mol. The molecule has 3 N–H and O–H groups in total. The van der Waals surface area contributed by atoms with Gasteiger partial charge in [0.25, 0.3) is 5.91 Å². The van der Waals surface area contributed by atoms with Crippen molar-refractivity contribution in [3.05, 3.63) is 41.2 Å². The molecule has 3 aromatic heterocycles. The van der Waals surface area contributed by atoms with Crippen LogP contribution in [0.25, 0.3) is 5.65 Å². The Morgan fingerprint density at radius 3 is 3.10 bits per heavy atom. The Morgan fingerprint density at radius 1 is 1.37 bits per heavy atom. The Balaban J connectivity index is 1.68. The van der Waals surface area contributed by atoms with Gasteiger partial charge in [-0.1, -0.05) is 6.92 Å². The van der Waals surface area contributed by atoms with Crippen molar-refractivity contribution < 1.29 is 9.53 Å². The van der Waals surface area contributed by atoms with E-state index in [-0.39, 0.29) is 17.8 Å². The number of nitrogens with two attached hydrogens (primary N) is 1. The van der Waals surface area contributed by atoms with E-state index >= 15 is 0 Å². The molecule has 0 aromatic carbocycles. The number of hydrogen-bond donors (Lipinski definition) is 2. The Bertz CT molecular complexity index is 1130. The van der Waals surface area contributed by atoms with E-state index in [1.807, 2.05) is 25.4 Å². The van der Waals surface area contributed by atoms with Crippen LogP contribution in [0.15, 0.2) is 24.5 Å². The number of hydrogen-bond acceptors (Lipinski definition) is 7. The van der Waals surface area contributed by atoms with Gasteiger partial charge < -0.3 is 20.7 Å². The van der Waals surface area contributed by atoms with E-state index in [9.17, 15) is 4.79 Å². The molecule has 5 rings (SSSR count). The number of rotatable bonds is 0. The molecule has 9 heteroatoms. The highest BCUT2D eigenvalue weighted by Crippen LogP contribution is 2.41. The smallest absolute Gasteiger partial charge is 0.258 e. The van der Waals surface area contributed by atoms with Gasteiger partial charge in [-0.2, -0.15) is 0 Å². The molecule has 0 radical (unpaired) electrons. The van der Waals surface area contributed by atoms with Gasteiger partial charge in [-0.25, -0.2) is 14.5 Å². The second kappa shape index (κ2) is 7.16. The SMILES string of the molecule is Cc1cnc2c(c1)C1CC(C)CN1c1ccn3nc(N)c(c3n1)C(=O)NCCCO2. The second-order valence-corrected chi connectivity index (χ2v) is 8.19. The minimum Gasteiger partial charge on any atom is -0.477 e. The number of aromatic nitrogens is 4. The maximum Gasteiger partial charge on any atom is 0.258 e. The molecule has 2 aliphatic heterocycles. The van der Waals surface area contributed by atoms with E-state index in [2.05, 4.69) is 33.3 Å². The number of carbonyl (C=O) groups excluding carboxylic acids is 1. The molecule has 0 spiro atoms. The number of carbonyl (C=O) groups is 1. The summed E-state index contributed by atoms with van der Waals surface area (Å²) in [7, 11) is 0. The first-order chi connectivity index (χ1) is 14.5. The molecule has 2 unspecified atom stereocenters. The van der Waals surface area contributed by atoms with Gasteiger partial charge in [0.05, 0.1) is 12.6 Å². The van der Waals surface area contributed by atoms with Crippen LogP contribution in [0, 0.1) is 12.8 Å². The van der Waals surface area contributed by atoms with Crippen molar-refractivity contribution in [2.75, 3.05) is 30.3 Å². The van der Waals surface area contributed by atoms with E-state index < -0.39 is 0 Å². The normalized spacial score (nSPS) is 21.7. The van der Waals surface area contributed by atoms with Gasteiger partial charge in [0.2, 0.25) is 5.88 Å². The zero-order valence-electron chi connectivity index (χ0n) is 17.1. The summed E-state index contributed by atoms with van der Waals surface area (Å²) in [6.07, 6.45) is 5.27. The summed E-state index contributed by atoms with van der Waals surface area (Å²) in [5.74, 6) is 1.83. The molecule has 3 aromatic rings. The number of nitrogens with one attached hydrogen (secondary N) is 1. The number of ether oxygens (including phenoxy) is 1. The van der Waals surface area contributed by atoms with Crippen LogP contribution in [0.5, 0.6) is 5.88 Å². The first kappa shape index (κ1) is 18.7. The van der Waals surface area contributed by atoms with Crippen LogP contribution >= 0.6 is 0 Å². The number of nitrogens with zero attached hydrogens (tertiary/aromatic N) is 5. The average molecular weight is 407 g/mol. The minimum absolute atomic E-state index is 0.0952. The zero-order valence-corrected chi connectivity index (χ0v) is 17.1. The zero-order chi connectivity index (χ0) is 20.8. The monoisotopic (exact) mass is 407 g/mol. The molecule has 0 aliphatic carbocycles. The molecule has 2 aliphatic rings. The Kier molecular flexibility index (Phi) is 4.45. The molecule has 1 fully saturated rings. The van der Waals surface area contributed by atoms with E-state index in [0.29, 0.717) is 42.6 Å². The predicted octanol–water partition coefficient (Wildman–Crippen LogP) is 2.11. The minimum atomic E-state index is -0.273. The lowest BCUT2D eigenvalue weighted by Crippen LogP contribution is -2.28. The number of aryl methyl sites for hydroxylation is 1. The summed E-state index contributed by atoms with van der Waals surface area (Å²) in [6.45, 7) is 6.06. The Hall–Kier alpha value is -3.36. The lowest BCUT2D eigenvalue weighted by Gasteiger charge is -2.27. The van der Waals surface area contributed by atoms with Crippen LogP contribution in [0.2, 0.25) is 0 Å². The van der Waals surface area contributed by atoms with E-state index in [4.69, 9.17) is 15.5 Å². The molecule has 9 nitrogen and oxygen atoms in total. The first-order valence-corrected chi connectivity index (χ1v) is 10.3. The molecule has 1 amide bonds. The van der Waals surface area contributed by atoms with Gasteiger partial charge in [0.15, 0.2) is 11.5 Å². The maximum atomic E-state index is 12.8. The lowest BCUT2D eigenvalue weighted by molar-refractivity contribution is 0.0953. The highest BCUT2D eigenvalue weighted by Gasteiger charge is 2.35. The number of pyridine rings is 1. The third-order valence-corrected chi connectivity index (χ3v) is 5.75. The highest BCUT2D eigenvalue weighted by molar-refractivity contribution is 6.04. The molecule has 156 valence electrons. The summed E-state index contributed by atoms with van der Waals surface area (Å²) in [5.41, 5.74) is 9.01. The third kappa shape index (κ3) is 3.10. The summed E-state index contributed by atoms with van der Waals surface area (Å²) >= 11 is 0. The molecule has 30 heavy (non-hydrogen) atoms. The van der Waals surface area contributed by atoms with Crippen LogP contribution in [0.3, 0.4) is 0 Å². The van der Waals surface area contributed by atoms with Crippen LogP contribution in [-0.4, -0.2) is 45.2 Å². The van der Waals surface area contributed by atoms with Crippen LogP contribution in [-0.2, 0) is 0 Å². The van der Waals surface area contributed by atoms with E-state index in [1.54, 1.807) is 4.52 Å². The second-order valence-electron chi connectivity index (χ2n) is 8.19. The van der Waals surface area contributed by atoms with Crippen molar-refractivity contribution in [1.82, 2.24) is 24.9 Å². The predicted molar refractivity (Wildman–Crippen MR) is 113 cm³/mol. The number of anilines is 2. The number of nitrogen functional groups attached to an aromatic ring is 1. The summed E-state index contributed by atoms with van der Waals surface area (Å²) in [5, 5.41) is 7.15. The van der Waals surface area contributed by atoms with Crippen molar-refractivity contribution in [3.63, 3.8) is 0 Å². The van der Waals surface area contributed by atoms with Crippen molar-refractivity contribution in [2.24, 2.45) is 5.92 Å². The van der Waals surface area contributed by atoms with Crippen molar-refractivity contribution >= 4 is 23.2 Å². The molecule has 2 atom stereocenters. The third-order valence-electron chi connectivity index (χ3n) is 5.75. The number of fused-ring (bicyclic) bond motifs is 5. The molecule has 5 heterocycles. The average Bonchev–Trinajstić information content (AvgIpc) is 3.26. The largest absolute Gasteiger partial charge is 0.477 e. The van der Waals surface area contributed by atoms with Gasteiger partial charge in [-0.3, -0.25) is 4.79 Å². The van der Waals surface area contributed by atoms with Gasteiger partial charge in [0.1, 0.15) is 11.4 Å². The highest BCUT2D eigenvalue weighted by atomic mass is 16.5. The quantitative estimate of drug-likeness (QED) is 0.587. The molecular formula is C21H25N7O2. The van der Waals surface area contributed by atoms with E-state index in [0.717, 1.165) is 29.9 Å². The number of amides is 1. The van der Waals surface area contributed by atoms with Crippen molar-refractivity contribution in [1.29, 1.82) is 0 Å². The summed E-state index contributed by atoms with van der Waals surface area (Å²) in [6, 6.07) is 4.17. The van der Waals surface area contributed by atoms with Crippen molar-refractivity contribution in [2.45, 2.75) is 32.7 Å². The standard InChI is InChI=1S/C21H25N7O2/c1-12-8-14-15-9-13(2)11-27(15)16-4-6-28-19(25-16)17(18(22)26-28)20(29)23-5-3-7-30-21(14)24-10-12/h4,6,8,10,13,15H,3,5,7,9,11H2,1-2H3,(H2,22,26)(H,23,29). The maximum absolute atomic E-state index is 12.8. The Labute approximate surface area is 174 Å². The fourth-order valence-electron chi connectivity index (χ4n) is 4.38. The van der Waals surface area contributed by atoms with Crippen molar-refractivity contribution in [3.8, 4) is 5.88 Å². The van der Waals surface area contributed by atoms with Crippen LogP contribution in [0.1, 0.15) is 47.3 Å². The van der Waals surface area contributed by atoms with Gasteiger partial charge >= 0.3 is 0 Å². The summed E-state index contributed by atoms with van der Waals surface area (Å²) in [4.78, 5) is 24.4. The lowest BCUT2D eigenvalue weighted by atomic mass is 10.0. The summed E-state index contributed by atoms with van der Waals surface area (Å²) < 4.78 is 7.60. The van der Waals surface area contributed by atoms with Gasteiger partial charge in [0, 0.05) is 31.0 Å². The molecule has 1 saturated heterocycles. The molecule has 2 bridgehead atoms. The van der Waals surface area contributed by atoms with Gasteiger partial charge in [-0.05, 0) is 43.4 Å². The van der Waals surface area contributed by atoms with E-state index in [1.165, 1.54) is 0 Å². The topological polar surface area (TPSA) is 111 Å². The first-order valence-electron chi connectivity index (χ1n) is 10.3. The fourth-order valence-corrected chi connectivity index (χ4v) is 4.38.